The van der Waals surface area contributed by atoms with Crippen molar-refractivity contribution in [3.63, 3.8) is 0 Å². The summed E-state index contributed by atoms with van der Waals surface area (Å²) in [4.78, 5) is 11.3. The van der Waals surface area contributed by atoms with Crippen LogP contribution in [-0.2, 0) is 9.53 Å². The Kier molecular flexibility index (Phi) is 3.94. The Hall–Kier alpha value is -0.650. The van der Waals surface area contributed by atoms with E-state index in [-0.39, 0.29) is 5.91 Å². The van der Waals surface area contributed by atoms with Crippen molar-refractivity contribution in [3.8, 4) is 0 Å². The van der Waals surface area contributed by atoms with E-state index in [0.717, 1.165) is 45.7 Å². The minimum absolute atomic E-state index is 0.165. The minimum Gasteiger partial charge on any atom is -0.379 e. The number of rotatable bonds is 2. The average molecular weight is 213 g/mol. The first kappa shape index (κ1) is 10.9. The quantitative estimate of drug-likeness (QED) is 0.649. The van der Waals surface area contributed by atoms with Crippen LogP contribution in [0.4, 0.5) is 0 Å². The lowest BCUT2D eigenvalue weighted by Crippen LogP contribution is -2.50. The van der Waals surface area contributed by atoms with E-state index in [2.05, 4.69) is 15.8 Å². The third-order valence-corrected chi connectivity index (χ3v) is 2.86. The summed E-state index contributed by atoms with van der Waals surface area (Å²) >= 11 is 0. The lowest BCUT2D eigenvalue weighted by Gasteiger charge is -2.30. The second-order valence-electron chi connectivity index (χ2n) is 4.12. The highest BCUT2D eigenvalue weighted by Crippen LogP contribution is 2.07. The van der Waals surface area contributed by atoms with E-state index in [4.69, 9.17) is 4.74 Å². The van der Waals surface area contributed by atoms with Gasteiger partial charge in [0.1, 0.15) is 0 Å². The molecule has 15 heavy (non-hydrogen) atoms. The summed E-state index contributed by atoms with van der Waals surface area (Å²) in [5, 5.41) is 5.06. The molecule has 2 fully saturated rings. The molecule has 1 atom stereocenters. The highest BCUT2D eigenvalue weighted by molar-refractivity contribution is 5.76. The Morgan fingerprint density at radius 1 is 1.40 bits per heavy atom. The summed E-state index contributed by atoms with van der Waals surface area (Å²) in [7, 11) is 0. The normalized spacial score (nSPS) is 29.6. The van der Waals surface area contributed by atoms with Crippen LogP contribution in [0.3, 0.4) is 0 Å². The van der Waals surface area contributed by atoms with Crippen LogP contribution >= 0.6 is 0 Å². The van der Waals surface area contributed by atoms with Gasteiger partial charge in [-0.3, -0.25) is 10.2 Å². The van der Waals surface area contributed by atoms with Crippen LogP contribution in [-0.4, -0.2) is 49.8 Å². The van der Waals surface area contributed by atoms with Gasteiger partial charge in [0.25, 0.3) is 0 Å². The Morgan fingerprint density at radius 3 is 3.00 bits per heavy atom. The second kappa shape index (κ2) is 5.44. The van der Waals surface area contributed by atoms with Crippen LogP contribution < -0.4 is 10.7 Å². The van der Waals surface area contributed by atoms with Crippen molar-refractivity contribution in [1.29, 1.82) is 0 Å². The molecule has 0 bridgehead atoms. The number of carbonyl (C=O) groups excluding carboxylic acids is 1. The molecule has 0 aromatic rings. The molecule has 2 N–H and O–H groups in total. The zero-order valence-electron chi connectivity index (χ0n) is 9.00. The number of hydrogen-bond acceptors (Lipinski definition) is 4. The second-order valence-corrected chi connectivity index (χ2v) is 4.12. The molecule has 0 spiro atoms. The maximum absolute atomic E-state index is 11.3. The number of morpholine rings is 1. The van der Waals surface area contributed by atoms with E-state index in [0.29, 0.717) is 12.5 Å². The van der Waals surface area contributed by atoms with Crippen LogP contribution in [0, 0.1) is 0 Å². The highest BCUT2D eigenvalue weighted by atomic mass is 16.5. The molecule has 5 heteroatoms. The first-order chi connectivity index (χ1) is 7.34. The summed E-state index contributed by atoms with van der Waals surface area (Å²) in [6.07, 6.45) is 2.72. The molecule has 2 heterocycles. The van der Waals surface area contributed by atoms with Gasteiger partial charge in [-0.05, 0) is 12.8 Å². The monoisotopic (exact) mass is 213 g/mol. The van der Waals surface area contributed by atoms with Gasteiger partial charge in [0.2, 0.25) is 5.91 Å². The third-order valence-electron chi connectivity index (χ3n) is 2.86. The Bertz CT molecular complexity index is 217. The van der Waals surface area contributed by atoms with Crippen LogP contribution in [0.5, 0.6) is 0 Å². The van der Waals surface area contributed by atoms with Crippen LogP contribution in [0.15, 0.2) is 0 Å². The SMILES string of the molecule is O=C1CC(NN2CCOCC2)CCCN1. The summed E-state index contributed by atoms with van der Waals surface area (Å²) in [5.41, 5.74) is 3.42. The van der Waals surface area contributed by atoms with E-state index in [1.807, 2.05) is 0 Å². The molecule has 2 saturated heterocycles. The topological polar surface area (TPSA) is 53.6 Å². The summed E-state index contributed by atoms with van der Waals surface area (Å²) in [5.74, 6) is 0.165. The fourth-order valence-corrected chi connectivity index (χ4v) is 2.04. The summed E-state index contributed by atoms with van der Waals surface area (Å²) in [6, 6.07) is 0.297. The van der Waals surface area contributed by atoms with Crippen LogP contribution in [0.25, 0.3) is 0 Å². The molecule has 86 valence electrons. The largest absolute Gasteiger partial charge is 0.379 e. The molecule has 0 aromatic carbocycles. The van der Waals surface area contributed by atoms with Crippen LogP contribution in [0.2, 0.25) is 0 Å². The molecular weight excluding hydrogens is 194 g/mol. The summed E-state index contributed by atoms with van der Waals surface area (Å²) < 4.78 is 5.27. The smallest absolute Gasteiger partial charge is 0.221 e. The van der Waals surface area contributed by atoms with Crippen molar-refractivity contribution in [2.75, 3.05) is 32.8 Å². The van der Waals surface area contributed by atoms with Gasteiger partial charge in [0, 0.05) is 32.1 Å². The van der Waals surface area contributed by atoms with Gasteiger partial charge in [0.05, 0.1) is 13.2 Å². The van der Waals surface area contributed by atoms with Gasteiger partial charge < -0.3 is 10.1 Å². The molecule has 1 unspecified atom stereocenters. The molecule has 0 aromatic heterocycles. The van der Waals surface area contributed by atoms with E-state index in [9.17, 15) is 4.79 Å². The van der Waals surface area contributed by atoms with E-state index in [1.165, 1.54) is 0 Å². The van der Waals surface area contributed by atoms with Crippen molar-refractivity contribution >= 4 is 5.91 Å². The van der Waals surface area contributed by atoms with Crippen molar-refractivity contribution in [2.45, 2.75) is 25.3 Å². The average Bonchev–Trinajstić information content (AvgIpc) is 2.44. The molecule has 0 radical (unpaired) electrons. The molecular formula is C10H19N3O2. The Balaban J connectivity index is 1.78. The van der Waals surface area contributed by atoms with Gasteiger partial charge in [-0.15, -0.1) is 0 Å². The number of hydrogen-bond donors (Lipinski definition) is 2. The number of nitrogens with zero attached hydrogens (tertiary/aromatic N) is 1. The fourth-order valence-electron chi connectivity index (χ4n) is 2.04. The highest BCUT2D eigenvalue weighted by Gasteiger charge is 2.20. The Labute approximate surface area is 90.1 Å². The van der Waals surface area contributed by atoms with Crippen molar-refractivity contribution < 1.29 is 9.53 Å². The van der Waals surface area contributed by atoms with Crippen molar-refractivity contribution in [2.24, 2.45) is 0 Å². The van der Waals surface area contributed by atoms with Gasteiger partial charge in [-0.25, -0.2) is 5.01 Å². The molecule has 0 aliphatic carbocycles. The first-order valence-corrected chi connectivity index (χ1v) is 5.70. The lowest BCUT2D eigenvalue weighted by molar-refractivity contribution is -0.121. The number of ether oxygens (including phenoxy) is 1. The molecule has 0 saturated carbocycles. The van der Waals surface area contributed by atoms with Crippen molar-refractivity contribution in [3.05, 3.63) is 0 Å². The Morgan fingerprint density at radius 2 is 2.20 bits per heavy atom. The first-order valence-electron chi connectivity index (χ1n) is 5.70. The van der Waals surface area contributed by atoms with Gasteiger partial charge in [0.15, 0.2) is 0 Å². The number of nitrogens with one attached hydrogen (secondary N) is 2. The molecule has 2 aliphatic heterocycles. The number of carbonyl (C=O) groups is 1. The molecule has 5 nitrogen and oxygen atoms in total. The summed E-state index contributed by atoms with van der Waals surface area (Å²) in [6.45, 7) is 4.22. The molecule has 2 aliphatic rings. The fraction of sp³-hybridized carbons (Fsp3) is 0.900. The zero-order chi connectivity index (χ0) is 10.5. The zero-order valence-corrected chi connectivity index (χ0v) is 9.00. The maximum atomic E-state index is 11.3. The predicted molar refractivity (Wildman–Crippen MR) is 56.2 cm³/mol. The molecule has 1 amide bonds. The van der Waals surface area contributed by atoms with E-state index >= 15 is 0 Å². The van der Waals surface area contributed by atoms with Crippen LogP contribution in [0.1, 0.15) is 19.3 Å². The van der Waals surface area contributed by atoms with Gasteiger partial charge in [-0.2, -0.15) is 0 Å². The van der Waals surface area contributed by atoms with Gasteiger partial charge >= 0.3 is 0 Å². The van der Waals surface area contributed by atoms with E-state index in [1.54, 1.807) is 0 Å². The predicted octanol–water partition coefficient (Wildman–Crippen LogP) is -0.508. The standard InChI is InChI=1S/C10H19N3O2/c14-10-8-9(2-1-3-11-10)12-13-4-6-15-7-5-13/h9,12H,1-8H2,(H,11,14). The lowest BCUT2D eigenvalue weighted by atomic mass is 10.1. The van der Waals surface area contributed by atoms with Crippen molar-refractivity contribution in [1.82, 2.24) is 15.8 Å². The number of hydrazine groups is 1. The number of amides is 1. The van der Waals surface area contributed by atoms with E-state index < -0.39 is 0 Å². The third kappa shape index (κ3) is 3.44. The maximum Gasteiger partial charge on any atom is 0.221 e. The molecule has 2 rings (SSSR count). The minimum atomic E-state index is 0.165. The van der Waals surface area contributed by atoms with Gasteiger partial charge in [-0.1, -0.05) is 0 Å².